The third-order valence-electron chi connectivity index (χ3n) is 4.19. The summed E-state index contributed by atoms with van der Waals surface area (Å²) in [6.07, 6.45) is 0.945. The summed E-state index contributed by atoms with van der Waals surface area (Å²) < 4.78 is 5.04. The Morgan fingerprint density at radius 3 is 2.50 bits per heavy atom. The van der Waals surface area contributed by atoms with Gasteiger partial charge in [-0.2, -0.15) is 0 Å². The second kappa shape index (κ2) is 7.09. The smallest absolute Gasteiger partial charge is 0.325 e. The summed E-state index contributed by atoms with van der Waals surface area (Å²) in [6.45, 7) is 3.30. The molecule has 0 aromatic heterocycles. The number of rotatable bonds is 6. The first-order valence-corrected chi connectivity index (χ1v) is 8.02. The van der Waals surface area contributed by atoms with Crippen molar-refractivity contribution in [3.05, 3.63) is 23.2 Å². The first kappa shape index (κ1) is 18.1. The minimum absolute atomic E-state index is 0.348. The lowest BCUT2D eigenvalue weighted by Crippen LogP contribution is -2.46. The third kappa shape index (κ3) is 3.31. The Hall–Kier alpha value is -2.28. The number of carbonyl (C=O) groups is 3. The molecule has 0 spiro atoms. The van der Waals surface area contributed by atoms with Crippen LogP contribution in [0.2, 0.25) is 5.02 Å². The highest BCUT2D eigenvalue weighted by Crippen LogP contribution is 2.28. The van der Waals surface area contributed by atoms with Crippen LogP contribution in [-0.4, -0.2) is 41.9 Å². The third-order valence-corrected chi connectivity index (χ3v) is 4.49. The van der Waals surface area contributed by atoms with Gasteiger partial charge in [-0.3, -0.25) is 14.5 Å². The van der Waals surface area contributed by atoms with Gasteiger partial charge in [0.2, 0.25) is 5.91 Å². The number of halogens is 1. The monoisotopic (exact) mass is 353 g/mol. The molecule has 7 nitrogen and oxygen atoms in total. The van der Waals surface area contributed by atoms with Gasteiger partial charge in [0.15, 0.2) is 0 Å². The van der Waals surface area contributed by atoms with Crippen LogP contribution in [0.1, 0.15) is 26.7 Å². The Bertz CT molecular complexity index is 673. The Kier molecular flexibility index (Phi) is 5.33. The fourth-order valence-corrected chi connectivity index (χ4v) is 2.89. The van der Waals surface area contributed by atoms with E-state index in [2.05, 4.69) is 10.6 Å². The van der Waals surface area contributed by atoms with Gasteiger partial charge in [0, 0.05) is 5.69 Å². The van der Waals surface area contributed by atoms with Crippen LogP contribution in [0.4, 0.5) is 10.5 Å². The van der Waals surface area contributed by atoms with E-state index in [4.69, 9.17) is 16.3 Å². The normalized spacial score (nSPS) is 16.1. The molecule has 0 unspecified atom stereocenters. The lowest BCUT2D eigenvalue weighted by atomic mass is 9.93. The number of imide groups is 1. The average molecular weight is 354 g/mol. The summed E-state index contributed by atoms with van der Waals surface area (Å²) in [6, 6.07) is 4.22. The molecule has 1 fully saturated rings. The molecule has 8 heteroatoms. The number of anilines is 1. The lowest BCUT2D eigenvalue weighted by molar-refractivity contribution is -0.134. The highest BCUT2D eigenvalue weighted by Gasteiger charge is 2.49. The summed E-state index contributed by atoms with van der Waals surface area (Å²) >= 11 is 6.00. The maximum Gasteiger partial charge on any atom is 0.325 e. The second-order valence-corrected chi connectivity index (χ2v) is 5.92. The number of ether oxygens (including phenoxy) is 1. The molecule has 0 bridgehead atoms. The van der Waals surface area contributed by atoms with Crippen LogP contribution in [0.15, 0.2) is 18.2 Å². The number of urea groups is 1. The predicted octanol–water partition coefficient (Wildman–Crippen LogP) is 2.40. The first-order valence-electron chi connectivity index (χ1n) is 7.64. The lowest BCUT2D eigenvalue weighted by Gasteiger charge is -2.23. The Balaban J connectivity index is 2.06. The minimum atomic E-state index is -0.916. The van der Waals surface area contributed by atoms with Gasteiger partial charge in [-0.15, -0.1) is 0 Å². The molecule has 130 valence electrons. The van der Waals surface area contributed by atoms with E-state index in [1.54, 1.807) is 12.1 Å². The van der Waals surface area contributed by atoms with Gasteiger partial charge in [-0.1, -0.05) is 25.4 Å². The molecular formula is C16H20ClN3O4. The van der Waals surface area contributed by atoms with Gasteiger partial charge in [-0.05, 0) is 31.0 Å². The number of methoxy groups -OCH3 is 1. The molecule has 0 radical (unpaired) electrons. The fraction of sp³-hybridized carbons (Fsp3) is 0.438. The van der Waals surface area contributed by atoms with Crippen LogP contribution in [-0.2, 0) is 9.59 Å². The molecule has 1 saturated heterocycles. The van der Waals surface area contributed by atoms with E-state index in [1.165, 1.54) is 13.2 Å². The molecule has 1 heterocycles. The number of amides is 4. The molecule has 0 saturated carbocycles. The highest BCUT2D eigenvalue weighted by molar-refractivity contribution is 6.32. The molecule has 1 aliphatic heterocycles. The summed E-state index contributed by atoms with van der Waals surface area (Å²) in [7, 11) is 1.49. The van der Waals surface area contributed by atoms with Gasteiger partial charge < -0.3 is 15.4 Å². The molecule has 24 heavy (non-hydrogen) atoms. The maximum atomic E-state index is 12.5. The molecule has 4 amide bonds. The van der Waals surface area contributed by atoms with Crippen molar-refractivity contribution in [2.24, 2.45) is 0 Å². The molecular weight excluding hydrogens is 334 g/mol. The standard InChI is InChI=1S/C16H20ClN3O4/c1-4-16(5-2)14(22)20(15(23)19-16)9-13(21)18-10-6-7-12(24-3)11(17)8-10/h6-8H,4-5,9H2,1-3H3,(H,18,21)(H,19,23). The number of hydrogen-bond acceptors (Lipinski definition) is 4. The largest absolute Gasteiger partial charge is 0.495 e. The second-order valence-electron chi connectivity index (χ2n) is 5.51. The van der Waals surface area contributed by atoms with Crippen molar-refractivity contribution in [2.45, 2.75) is 32.2 Å². The summed E-state index contributed by atoms with van der Waals surface area (Å²) in [4.78, 5) is 37.6. The number of carbonyl (C=O) groups excluding carboxylic acids is 3. The van der Waals surface area contributed by atoms with E-state index in [0.717, 1.165) is 4.90 Å². The summed E-state index contributed by atoms with van der Waals surface area (Å²) in [5.74, 6) is -0.373. The quantitative estimate of drug-likeness (QED) is 0.769. The van der Waals surface area contributed by atoms with Crippen LogP contribution in [0.3, 0.4) is 0 Å². The molecule has 0 aliphatic carbocycles. The molecule has 1 aliphatic rings. The van der Waals surface area contributed by atoms with Crippen LogP contribution in [0, 0.1) is 0 Å². The Morgan fingerprint density at radius 2 is 2.00 bits per heavy atom. The highest BCUT2D eigenvalue weighted by atomic mass is 35.5. The van der Waals surface area contributed by atoms with E-state index in [0.29, 0.717) is 29.3 Å². The van der Waals surface area contributed by atoms with Crippen molar-refractivity contribution in [3.8, 4) is 5.75 Å². The van der Waals surface area contributed by atoms with E-state index >= 15 is 0 Å². The summed E-state index contributed by atoms with van der Waals surface area (Å²) in [5, 5.41) is 5.64. The number of nitrogens with one attached hydrogen (secondary N) is 2. The van der Waals surface area contributed by atoms with Crippen molar-refractivity contribution in [3.63, 3.8) is 0 Å². The topological polar surface area (TPSA) is 87.7 Å². The molecule has 2 N–H and O–H groups in total. The molecule has 2 rings (SSSR count). The number of nitrogens with zero attached hydrogens (tertiary/aromatic N) is 1. The number of hydrogen-bond donors (Lipinski definition) is 2. The van der Waals surface area contributed by atoms with Crippen molar-refractivity contribution >= 4 is 35.1 Å². The van der Waals surface area contributed by atoms with Crippen molar-refractivity contribution in [1.29, 1.82) is 0 Å². The van der Waals surface area contributed by atoms with E-state index in [9.17, 15) is 14.4 Å². The van der Waals surface area contributed by atoms with Crippen molar-refractivity contribution in [2.75, 3.05) is 19.0 Å². The van der Waals surface area contributed by atoms with Gasteiger partial charge >= 0.3 is 6.03 Å². The van der Waals surface area contributed by atoms with Gasteiger partial charge in [-0.25, -0.2) is 4.79 Å². The average Bonchev–Trinajstić information content (AvgIpc) is 2.79. The predicted molar refractivity (Wildman–Crippen MR) is 90.2 cm³/mol. The van der Waals surface area contributed by atoms with Crippen molar-refractivity contribution in [1.82, 2.24) is 10.2 Å². The summed E-state index contributed by atoms with van der Waals surface area (Å²) in [5.41, 5.74) is -0.462. The van der Waals surface area contributed by atoms with Crippen LogP contribution < -0.4 is 15.4 Å². The number of benzene rings is 1. The van der Waals surface area contributed by atoms with Crippen LogP contribution in [0.5, 0.6) is 5.75 Å². The zero-order valence-electron chi connectivity index (χ0n) is 13.8. The molecule has 1 aromatic carbocycles. The van der Waals surface area contributed by atoms with Gasteiger partial charge in [0.05, 0.1) is 12.1 Å². The molecule has 1 aromatic rings. The fourth-order valence-electron chi connectivity index (χ4n) is 2.64. The minimum Gasteiger partial charge on any atom is -0.495 e. The SMILES string of the molecule is CCC1(CC)NC(=O)N(CC(=O)Nc2ccc(OC)c(Cl)c2)C1=O. The van der Waals surface area contributed by atoms with E-state index in [-0.39, 0.29) is 12.5 Å². The Labute approximate surface area is 145 Å². The van der Waals surface area contributed by atoms with E-state index < -0.39 is 17.5 Å². The van der Waals surface area contributed by atoms with E-state index in [1.807, 2.05) is 13.8 Å². The Morgan fingerprint density at radius 1 is 1.33 bits per heavy atom. The zero-order valence-corrected chi connectivity index (χ0v) is 14.6. The van der Waals surface area contributed by atoms with Crippen molar-refractivity contribution < 1.29 is 19.1 Å². The first-order chi connectivity index (χ1) is 11.4. The maximum absolute atomic E-state index is 12.5. The van der Waals surface area contributed by atoms with Gasteiger partial charge in [0.1, 0.15) is 17.8 Å². The molecule has 0 atom stereocenters. The van der Waals surface area contributed by atoms with Crippen LogP contribution in [0.25, 0.3) is 0 Å². The van der Waals surface area contributed by atoms with Gasteiger partial charge in [0.25, 0.3) is 5.91 Å². The van der Waals surface area contributed by atoms with Crippen LogP contribution >= 0.6 is 11.6 Å². The zero-order chi connectivity index (χ0) is 17.9.